The molecule has 3 rings (SSSR count). The summed E-state index contributed by atoms with van der Waals surface area (Å²) in [6.45, 7) is 8.57. The maximum absolute atomic E-state index is 4.61. The molecule has 0 saturated carbocycles. The minimum atomic E-state index is 0.676. The third-order valence-corrected chi connectivity index (χ3v) is 4.09. The van der Waals surface area contributed by atoms with Gasteiger partial charge < -0.3 is 4.90 Å². The standard InChI is InChI=1S/C15H22N4/c1-3-13-10-15(17-12(2)16-13)19-9-6-14(11-19)18-7-4-5-8-18/h4-5,10,14H,3,6-9,11H2,1-2H3. The minimum Gasteiger partial charge on any atom is -0.355 e. The summed E-state index contributed by atoms with van der Waals surface area (Å²) in [5.74, 6) is 2.00. The first-order chi connectivity index (χ1) is 9.26. The van der Waals surface area contributed by atoms with Crippen LogP contribution >= 0.6 is 0 Å². The highest BCUT2D eigenvalue weighted by atomic mass is 15.3. The van der Waals surface area contributed by atoms with E-state index >= 15 is 0 Å². The normalized spacial score (nSPS) is 23.5. The molecular formula is C15H22N4. The fraction of sp³-hybridized carbons (Fsp3) is 0.600. The lowest BCUT2D eigenvalue weighted by molar-refractivity contribution is 0.271. The van der Waals surface area contributed by atoms with E-state index in [2.05, 4.69) is 44.9 Å². The molecule has 1 aromatic rings. The van der Waals surface area contributed by atoms with Crippen LogP contribution in [-0.4, -0.2) is 47.1 Å². The van der Waals surface area contributed by atoms with Gasteiger partial charge in [-0.05, 0) is 19.8 Å². The summed E-state index contributed by atoms with van der Waals surface area (Å²) in [5.41, 5.74) is 1.15. The molecule has 1 aromatic heterocycles. The van der Waals surface area contributed by atoms with E-state index in [-0.39, 0.29) is 0 Å². The first kappa shape index (κ1) is 12.6. The first-order valence-electron chi connectivity index (χ1n) is 7.25. The molecule has 2 aliphatic heterocycles. The third-order valence-electron chi connectivity index (χ3n) is 4.09. The Bertz CT molecular complexity index is 475. The quantitative estimate of drug-likeness (QED) is 0.774. The lowest BCUT2D eigenvalue weighted by Gasteiger charge is -2.24. The van der Waals surface area contributed by atoms with Gasteiger partial charge in [0.05, 0.1) is 0 Å². The summed E-state index contributed by atoms with van der Waals surface area (Å²) >= 11 is 0. The van der Waals surface area contributed by atoms with E-state index in [4.69, 9.17) is 0 Å². The van der Waals surface area contributed by atoms with Crippen LogP contribution in [0.4, 0.5) is 5.82 Å². The van der Waals surface area contributed by atoms with Crippen molar-refractivity contribution in [2.45, 2.75) is 32.7 Å². The largest absolute Gasteiger partial charge is 0.355 e. The molecule has 4 heteroatoms. The lowest BCUT2D eigenvalue weighted by atomic mass is 10.2. The highest BCUT2D eigenvalue weighted by Crippen LogP contribution is 2.23. The van der Waals surface area contributed by atoms with Gasteiger partial charge in [0.2, 0.25) is 0 Å². The van der Waals surface area contributed by atoms with Gasteiger partial charge >= 0.3 is 0 Å². The minimum absolute atomic E-state index is 0.676. The van der Waals surface area contributed by atoms with Crippen molar-refractivity contribution in [1.82, 2.24) is 14.9 Å². The molecule has 4 nitrogen and oxygen atoms in total. The highest BCUT2D eigenvalue weighted by Gasteiger charge is 2.28. The molecule has 0 N–H and O–H groups in total. The summed E-state index contributed by atoms with van der Waals surface area (Å²) in [4.78, 5) is 14.0. The van der Waals surface area contributed by atoms with E-state index < -0.39 is 0 Å². The Labute approximate surface area is 115 Å². The summed E-state index contributed by atoms with van der Waals surface area (Å²) in [6.07, 6.45) is 6.76. The maximum Gasteiger partial charge on any atom is 0.132 e. The molecule has 0 bridgehead atoms. The van der Waals surface area contributed by atoms with Crippen LogP contribution in [-0.2, 0) is 6.42 Å². The van der Waals surface area contributed by atoms with Crippen molar-refractivity contribution in [3.63, 3.8) is 0 Å². The Hall–Kier alpha value is -1.42. The molecule has 1 saturated heterocycles. The van der Waals surface area contributed by atoms with E-state index in [0.717, 1.165) is 49.9 Å². The molecule has 1 unspecified atom stereocenters. The van der Waals surface area contributed by atoms with E-state index in [0.29, 0.717) is 6.04 Å². The van der Waals surface area contributed by atoms with Crippen LogP contribution in [0.2, 0.25) is 0 Å². The predicted octanol–water partition coefficient (Wildman–Crippen LogP) is 1.80. The van der Waals surface area contributed by atoms with Crippen LogP contribution < -0.4 is 4.90 Å². The van der Waals surface area contributed by atoms with Gasteiger partial charge in [-0.3, -0.25) is 4.90 Å². The Kier molecular flexibility index (Phi) is 3.51. The molecule has 0 aliphatic carbocycles. The van der Waals surface area contributed by atoms with E-state index in [1.165, 1.54) is 6.42 Å². The number of nitrogens with zero attached hydrogens (tertiary/aromatic N) is 4. The predicted molar refractivity (Wildman–Crippen MR) is 77.5 cm³/mol. The SMILES string of the molecule is CCc1cc(N2CCC(N3CC=CC3)C2)nc(C)n1. The van der Waals surface area contributed by atoms with E-state index in [1.54, 1.807) is 0 Å². The number of aromatic nitrogens is 2. The van der Waals surface area contributed by atoms with Gasteiger partial charge in [-0.25, -0.2) is 9.97 Å². The van der Waals surface area contributed by atoms with Gasteiger partial charge in [-0.1, -0.05) is 19.1 Å². The van der Waals surface area contributed by atoms with Gasteiger partial charge in [0.1, 0.15) is 11.6 Å². The van der Waals surface area contributed by atoms with Gasteiger partial charge in [0.25, 0.3) is 0 Å². The van der Waals surface area contributed by atoms with Crippen molar-refractivity contribution in [2.24, 2.45) is 0 Å². The van der Waals surface area contributed by atoms with Gasteiger partial charge in [0, 0.05) is 44.0 Å². The van der Waals surface area contributed by atoms with Crippen LogP contribution in [0.1, 0.15) is 24.9 Å². The molecule has 1 fully saturated rings. The molecule has 0 spiro atoms. The fourth-order valence-electron chi connectivity index (χ4n) is 3.00. The molecule has 1 atom stereocenters. The second-order valence-electron chi connectivity index (χ2n) is 5.43. The smallest absolute Gasteiger partial charge is 0.132 e. The number of hydrogen-bond donors (Lipinski definition) is 0. The summed E-state index contributed by atoms with van der Waals surface area (Å²) < 4.78 is 0. The highest BCUT2D eigenvalue weighted by molar-refractivity contribution is 5.41. The zero-order valence-corrected chi connectivity index (χ0v) is 11.8. The number of aryl methyl sites for hydroxylation is 2. The zero-order valence-electron chi connectivity index (χ0n) is 11.8. The summed E-state index contributed by atoms with van der Waals surface area (Å²) in [6, 6.07) is 2.83. The molecule has 0 aromatic carbocycles. The van der Waals surface area contributed by atoms with Crippen molar-refractivity contribution in [3.05, 3.63) is 29.7 Å². The monoisotopic (exact) mass is 258 g/mol. The topological polar surface area (TPSA) is 32.3 Å². The number of anilines is 1. The molecular weight excluding hydrogens is 236 g/mol. The van der Waals surface area contributed by atoms with Crippen LogP contribution in [0.5, 0.6) is 0 Å². The fourth-order valence-corrected chi connectivity index (χ4v) is 3.00. The second-order valence-corrected chi connectivity index (χ2v) is 5.43. The van der Waals surface area contributed by atoms with Crippen molar-refractivity contribution >= 4 is 5.82 Å². The molecule has 2 aliphatic rings. The molecule has 0 radical (unpaired) electrons. The summed E-state index contributed by atoms with van der Waals surface area (Å²) in [5, 5.41) is 0. The van der Waals surface area contributed by atoms with Gasteiger partial charge in [-0.2, -0.15) is 0 Å². The number of rotatable bonds is 3. The van der Waals surface area contributed by atoms with E-state index in [9.17, 15) is 0 Å². The zero-order chi connectivity index (χ0) is 13.2. The molecule has 3 heterocycles. The second kappa shape index (κ2) is 5.29. The Morgan fingerprint density at radius 3 is 2.79 bits per heavy atom. The average molecular weight is 258 g/mol. The van der Waals surface area contributed by atoms with Crippen LogP contribution in [0.25, 0.3) is 0 Å². The molecule has 102 valence electrons. The Morgan fingerprint density at radius 2 is 2.05 bits per heavy atom. The number of hydrogen-bond acceptors (Lipinski definition) is 4. The van der Waals surface area contributed by atoms with Crippen LogP contribution in [0, 0.1) is 6.92 Å². The van der Waals surface area contributed by atoms with Crippen molar-refractivity contribution in [1.29, 1.82) is 0 Å². The maximum atomic E-state index is 4.61. The average Bonchev–Trinajstić information content (AvgIpc) is 3.08. The Balaban J connectivity index is 1.71. The lowest BCUT2D eigenvalue weighted by Crippen LogP contribution is -2.35. The third kappa shape index (κ3) is 2.63. The first-order valence-corrected chi connectivity index (χ1v) is 7.25. The Morgan fingerprint density at radius 1 is 1.26 bits per heavy atom. The van der Waals surface area contributed by atoms with Crippen molar-refractivity contribution in [2.75, 3.05) is 31.1 Å². The van der Waals surface area contributed by atoms with Crippen LogP contribution in [0.3, 0.4) is 0 Å². The molecule has 19 heavy (non-hydrogen) atoms. The van der Waals surface area contributed by atoms with Gasteiger partial charge in [0.15, 0.2) is 0 Å². The van der Waals surface area contributed by atoms with Crippen molar-refractivity contribution < 1.29 is 0 Å². The van der Waals surface area contributed by atoms with Crippen molar-refractivity contribution in [3.8, 4) is 0 Å². The van der Waals surface area contributed by atoms with E-state index in [1.807, 2.05) is 6.92 Å². The van der Waals surface area contributed by atoms with Crippen LogP contribution in [0.15, 0.2) is 18.2 Å². The summed E-state index contributed by atoms with van der Waals surface area (Å²) in [7, 11) is 0. The molecule has 0 amide bonds. The van der Waals surface area contributed by atoms with Gasteiger partial charge in [-0.15, -0.1) is 0 Å².